The molecule has 68 valence electrons. The molecule has 0 radical (unpaired) electrons. The third-order valence-electron chi connectivity index (χ3n) is 1.71. The Labute approximate surface area is 66.8 Å². The minimum atomic E-state index is -3.07. The Morgan fingerprint density at radius 2 is 2.25 bits per heavy atom. The van der Waals surface area contributed by atoms with Crippen LogP contribution in [0.3, 0.4) is 0 Å². The Kier molecular flexibility index (Phi) is 1.99. The van der Waals surface area contributed by atoms with Crippen molar-refractivity contribution < 1.29 is 23.5 Å². The second-order valence-electron chi connectivity index (χ2n) is 2.67. The van der Waals surface area contributed by atoms with Crippen LogP contribution in [0.4, 0.5) is 13.6 Å². The maximum absolute atomic E-state index is 12.5. The van der Waals surface area contributed by atoms with Gasteiger partial charge in [0.1, 0.15) is 6.29 Å². The molecule has 1 saturated heterocycles. The van der Waals surface area contributed by atoms with Gasteiger partial charge in [0, 0.05) is 6.42 Å². The maximum Gasteiger partial charge on any atom is 0.408 e. The first kappa shape index (κ1) is 8.89. The average molecular weight is 179 g/mol. The Balaban J connectivity index is 2.76. The van der Waals surface area contributed by atoms with Crippen LogP contribution >= 0.6 is 0 Å². The molecule has 1 heterocycles. The van der Waals surface area contributed by atoms with Crippen LogP contribution in [-0.4, -0.2) is 40.9 Å². The van der Waals surface area contributed by atoms with Gasteiger partial charge in [0.15, 0.2) is 0 Å². The number of amides is 1. The van der Waals surface area contributed by atoms with Gasteiger partial charge in [0.2, 0.25) is 0 Å². The molecule has 1 aliphatic heterocycles. The van der Waals surface area contributed by atoms with E-state index in [4.69, 9.17) is 5.11 Å². The van der Waals surface area contributed by atoms with Crippen molar-refractivity contribution in [1.82, 2.24) is 4.90 Å². The largest absolute Gasteiger partial charge is 0.465 e. The molecule has 1 N–H and O–H groups in total. The lowest BCUT2D eigenvalue weighted by Crippen LogP contribution is -2.35. The van der Waals surface area contributed by atoms with Crippen LogP contribution < -0.4 is 0 Å². The molecule has 6 heteroatoms. The SMILES string of the molecule is O=CC1CC(F)(F)CN1C(=O)O. The van der Waals surface area contributed by atoms with Gasteiger partial charge < -0.3 is 9.90 Å². The monoisotopic (exact) mass is 179 g/mol. The summed E-state index contributed by atoms with van der Waals surface area (Å²) in [5, 5.41) is 8.38. The van der Waals surface area contributed by atoms with Crippen LogP contribution in [-0.2, 0) is 4.79 Å². The molecular weight excluding hydrogens is 172 g/mol. The van der Waals surface area contributed by atoms with E-state index in [0.29, 0.717) is 4.90 Å². The zero-order chi connectivity index (χ0) is 9.35. The number of aldehydes is 1. The van der Waals surface area contributed by atoms with Crippen LogP contribution in [0.2, 0.25) is 0 Å². The summed E-state index contributed by atoms with van der Waals surface area (Å²) >= 11 is 0. The lowest BCUT2D eigenvalue weighted by atomic mass is 10.2. The predicted octanol–water partition coefficient (Wildman–Crippen LogP) is 0.573. The normalized spacial score (nSPS) is 27.2. The number of carbonyl (C=O) groups is 2. The van der Waals surface area contributed by atoms with E-state index in [9.17, 15) is 18.4 Å². The summed E-state index contributed by atoms with van der Waals surface area (Å²) < 4.78 is 25.1. The average Bonchev–Trinajstić information content (AvgIpc) is 2.25. The van der Waals surface area contributed by atoms with Crippen molar-refractivity contribution in [1.29, 1.82) is 0 Å². The predicted molar refractivity (Wildman–Crippen MR) is 34.1 cm³/mol. The van der Waals surface area contributed by atoms with Crippen molar-refractivity contribution in [3.63, 3.8) is 0 Å². The fraction of sp³-hybridized carbons (Fsp3) is 0.667. The molecule has 0 aliphatic carbocycles. The van der Waals surface area contributed by atoms with E-state index in [-0.39, 0.29) is 6.29 Å². The smallest absolute Gasteiger partial charge is 0.408 e. The minimum absolute atomic E-state index is 0.231. The molecule has 4 nitrogen and oxygen atoms in total. The molecule has 0 saturated carbocycles. The highest BCUT2D eigenvalue weighted by Crippen LogP contribution is 2.30. The summed E-state index contributed by atoms with van der Waals surface area (Å²) in [6.45, 7) is -0.883. The summed E-state index contributed by atoms with van der Waals surface area (Å²) in [6.07, 6.45) is -1.96. The zero-order valence-electron chi connectivity index (χ0n) is 6.04. The van der Waals surface area contributed by atoms with E-state index < -0.39 is 31.0 Å². The molecule has 0 aromatic heterocycles. The molecule has 1 amide bonds. The lowest BCUT2D eigenvalue weighted by molar-refractivity contribution is -0.111. The molecule has 1 fully saturated rings. The van der Waals surface area contributed by atoms with E-state index >= 15 is 0 Å². The second-order valence-corrected chi connectivity index (χ2v) is 2.67. The molecule has 1 atom stereocenters. The topological polar surface area (TPSA) is 57.6 Å². The standard InChI is InChI=1S/C6H7F2NO3/c7-6(8)1-4(2-10)9(3-6)5(11)12/h2,4H,1,3H2,(H,11,12). The van der Waals surface area contributed by atoms with E-state index in [0.717, 1.165) is 0 Å². The Morgan fingerprint density at radius 1 is 1.67 bits per heavy atom. The third kappa shape index (κ3) is 1.51. The molecule has 1 unspecified atom stereocenters. The quantitative estimate of drug-likeness (QED) is 0.599. The summed E-state index contributed by atoms with van der Waals surface area (Å²) in [5.41, 5.74) is 0. The lowest BCUT2D eigenvalue weighted by Gasteiger charge is -2.14. The highest BCUT2D eigenvalue weighted by Gasteiger charge is 2.47. The molecule has 12 heavy (non-hydrogen) atoms. The summed E-state index contributed by atoms with van der Waals surface area (Å²) in [6, 6.07) is -1.20. The summed E-state index contributed by atoms with van der Waals surface area (Å²) in [7, 11) is 0. The number of nitrogens with zero attached hydrogens (tertiary/aromatic N) is 1. The van der Waals surface area contributed by atoms with Gasteiger partial charge in [-0.2, -0.15) is 0 Å². The van der Waals surface area contributed by atoms with Gasteiger partial charge in [-0.05, 0) is 0 Å². The van der Waals surface area contributed by atoms with Crippen molar-refractivity contribution in [2.75, 3.05) is 6.54 Å². The van der Waals surface area contributed by atoms with Gasteiger partial charge >= 0.3 is 6.09 Å². The molecule has 1 rings (SSSR count). The Bertz CT molecular complexity index is 219. The number of carboxylic acid groups (broad SMARTS) is 1. The minimum Gasteiger partial charge on any atom is -0.465 e. The molecule has 0 aromatic carbocycles. The van der Waals surface area contributed by atoms with Crippen molar-refractivity contribution in [3.05, 3.63) is 0 Å². The Morgan fingerprint density at radius 3 is 2.58 bits per heavy atom. The third-order valence-corrected chi connectivity index (χ3v) is 1.71. The molecule has 0 bridgehead atoms. The number of likely N-dealkylation sites (tertiary alicyclic amines) is 1. The molecular formula is C6H7F2NO3. The Hall–Kier alpha value is -1.20. The number of carbonyl (C=O) groups excluding carboxylic acids is 1. The second kappa shape index (κ2) is 2.69. The fourth-order valence-corrected chi connectivity index (χ4v) is 1.18. The molecule has 0 spiro atoms. The van der Waals surface area contributed by atoms with Gasteiger partial charge in [-0.3, -0.25) is 4.90 Å². The molecule has 0 aromatic rings. The van der Waals surface area contributed by atoms with Crippen LogP contribution in [0, 0.1) is 0 Å². The first-order valence-electron chi connectivity index (χ1n) is 3.29. The highest BCUT2D eigenvalue weighted by molar-refractivity contribution is 5.72. The fourth-order valence-electron chi connectivity index (χ4n) is 1.18. The van der Waals surface area contributed by atoms with Gasteiger partial charge in [0.05, 0.1) is 12.6 Å². The van der Waals surface area contributed by atoms with Crippen molar-refractivity contribution in [2.24, 2.45) is 0 Å². The van der Waals surface area contributed by atoms with Crippen LogP contribution in [0.5, 0.6) is 0 Å². The first-order valence-corrected chi connectivity index (χ1v) is 3.29. The van der Waals surface area contributed by atoms with E-state index in [1.54, 1.807) is 0 Å². The number of rotatable bonds is 1. The van der Waals surface area contributed by atoms with Gasteiger partial charge in [-0.15, -0.1) is 0 Å². The molecule has 1 aliphatic rings. The van der Waals surface area contributed by atoms with Crippen molar-refractivity contribution >= 4 is 12.4 Å². The zero-order valence-corrected chi connectivity index (χ0v) is 6.04. The maximum atomic E-state index is 12.5. The highest BCUT2D eigenvalue weighted by atomic mass is 19.3. The van der Waals surface area contributed by atoms with Crippen molar-refractivity contribution in [2.45, 2.75) is 18.4 Å². The number of hydrogen-bond donors (Lipinski definition) is 1. The van der Waals surface area contributed by atoms with Crippen LogP contribution in [0.1, 0.15) is 6.42 Å². The van der Waals surface area contributed by atoms with Crippen molar-refractivity contribution in [3.8, 4) is 0 Å². The number of halogens is 2. The van der Waals surface area contributed by atoms with Gasteiger partial charge in [-0.25, -0.2) is 13.6 Å². The summed E-state index contributed by atoms with van der Waals surface area (Å²) in [5.74, 6) is -3.07. The number of hydrogen-bond acceptors (Lipinski definition) is 2. The van der Waals surface area contributed by atoms with E-state index in [1.165, 1.54) is 0 Å². The van der Waals surface area contributed by atoms with Gasteiger partial charge in [0.25, 0.3) is 5.92 Å². The van der Waals surface area contributed by atoms with E-state index in [1.807, 2.05) is 0 Å². The van der Waals surface area contributed by atoms with Crippen LogP contribution in [0.15, 0.2) is 0 Å². The summed E-state index contributed by atoms with van der Waals surface area (Å²) in [4.78, 5) is 20.9. The van der Waals surface area contributed by atoms with Gasteiger partial charge in [-0.1, -0.05) is 0 Å². The van der Waals surface area contributed by atoms with E-state index in [2.05, 4.69) is 0 Å². The van der Waals surface area contributed by atoms with Crippen LogP contribution in [0.25, 0.3) is 0 Å². The first-order chi connectivity index (χ1) is 5.46. The number of alkyl halides is 2.